The maximum atomic E-state index is 10.8. The number of ether oxygens (including phenoxy) is 1. The molecule has 58 valence electrons. The normalized spacial score (nSPS) is 8.00. The Hall–Kier alpha value is -0.640. The van der Waals surface area contributed by atoms with Gasteiger partial charge in [0.05, 0.1) is 5.56 Å². The summed E-state index contributed by atoms with van der Waals surface area (Å²) in [6, 6.07) is 8.32. The fraction of sp³-hybridized carbons (Fsp3) is 0. The summed E-state index contributed by atoms with van der Waals surface area (Å²) in [6.07, 6.45) is 0. The number of hydrogen-bond donors (Lipinski definition) is 0. The van der Waals surface area contributed by atoms with Gasteiger partial charge < -0.3 is 4.74 Å². The standard InChI is InChI=1S/C8H6O3.Na.H/c9-6-11-8(10)7-4-2-1-3-5-7;;/h1-6H;;. The van der Waals surface area contributed by atoms with Crippen LogP contribution >= 0.6 is 0 Å². The first kappa shape index (κ1) is 11.4. The van der Waals surface area contributed by atoms with Gasteiger partial charge in [0, 0.05) is 0 Å². The van der Waals surface area contributed by atoms with Crippen LogP contribution in [0.2, 0.25) is 0 Å². The minimum absolute atomic E-state index is 0. The van der Waals surface area contributed by atoms with Crippen molar-refractivity contribution in [3.63, 3.8) is 0 Å². The summed E-state index contributed by atoms with van der Waals surface area (Å²) in [4.78, 5) is 20.5. The molecule has 0 aliphatic carbocycles. The first-order valence-corrected chi connectivity index (χ1v) is 3.04. The van der Waals surface area contributed by atoms with Crippen LogP contribution in [0.1, 0.15) is 10.4 Å². The predicted molar refractivity (Wildman–Crippen MR) is 45.1 cm³/mol. The van der Waals surface area contributed by atoms with Gasteiger partial charge in [0.15, 0.2) is 0 Å². The van der Waals surface area contributed by atoms with E-state index in [0.717, 1.165) is 0 Å². The molecule has 1 rings (SSSR count). The molecule has 0 heterocycles. The summed E-state index contributed by atoms with van der Waals surface area (Å²) >= 11 is 0. The van der Waals surface area contributed by atoms with Crippen LogP contribution in [-0.2, 0) is 9.53 Å². The average molecular weight is 174 g/mol. The van der Waals surface area contributed by atoms with Crippen molar-refractivity contribution in [2.24, 2.45) is 0 Å². The molecule has 0 saturated heterocycles. The number of benzene rings is 1. The van der Waals surface area contributed by atoms with Crippen LogP contribution in [0.3, 0.4) is 0 Å². The molecule has 0 saturated carbocycles. The zero-order chi connectivity index (χ0) is 8.10. The molecule has 1 aromatic rings. The first-order valence-electron chi connectivity index (χ1n) is 3.04. The van der Waals surface area contributed by atoms with Crippen molar-refractivity contribution in [3.8, 4) is 0 Å². The molecule has 0 aliphatic rings. The summed E-state index contributed by atoms with van der Waals surface area (Å²) in [7, 11) is 0. The second-order valence-corrected chi connectivity index (χ2v) is 1.87. The van der Waals surface area contributed by atoms with Crippen molar-refractivity contribution in [3.05, 3.63) is 35.9 Å². The minimum atomic E-state index is -0.624. The van der Waals surface area contributed by atoms with E-state index in [4.69, 9.17) is 0 Å². The zero-order valence-corrected chi connectivity index (χ0v) is 5.69. The van der Waals surface area contributed by atoms with Gasteiger partial charge in [-0.3, -0.25) is 4.79 Å². The van der Waals surface area contributed by atoms with Gasteiger partial charge in [-0.1, -0.05) is 18.2 Å². The first-order chi connectivity index (χ1) is 5.34. The van der Waals surface area contributed by atoms with Gasteiger partial charge in [0.25, 0.3) is 0 Å². The van der Waals surface area contributed by atoms with Gasteiger partial charge in [0.1, 0.15) is 0 Å². The Morgan fingerprint density at radius 3 is 2.33 bits per heavy atom. The molecule has 3 nitrogen and oxygen atoms in total. The summed E-state index contributed by atoms with van der Waals surface area (Å²) < 4.78 is 4.11. The van der Waals surface area contributed by atoms with E-state index in [2.05, 4.69) is 4.74 Å². The van der Waals surface area contributed by atoms with Crippen molar-refractivity contribution in [2.75, 3.05) is 0 Å². The molecule has 12 heavy (non-hydrogen) atoms. The summed E-state index contributed by atoms with van der Waals surface area (Å²) in [5.41, 5.74) is 0.375. The predicted octanol–water partition coefficient (Wildman–Crippen LogP) is 0.351. The van der Waals surface area contributed by atoms with E-state index in [1.807, 2.05) is 0 Å². The molecule has 0 amide bonds. The number of carbonyl (C=O) groups is 2. The monoisotopic (exact) mass is 174 g/mol. The fourth-order valence-electron chi connectivity index (χ4n) is 0.686. The second kappa shape index (κ2) is 5.94. The van der Waals surface area contributed by atoms with Gasteiger partial charge in [-0.15, -0.1) is 0 Å². The third kappa shape index (κ3) is 3.17. The van der Waals surface area contributed by atoms with E-state index in [9.17, 15) is 9.59 Å². The molecular formula is C8H7NaO3. The van der Waals surface area contributed by atoms with Gasteiger partial charge in [-0.25, -0.2) is 4.79 Å². The Morgan fingerprint density at radius 2 is 1.83 bits per heavy atom. The third-order valence-electron chi connectivity index (χ3n) is 1.16. The molecule has 0 spiro atoms. The molecule has 0 unspecified atom stereocenters. The molecule has 0 aromatic heterocycles. The Labute approximate surface area is 92.0 Å². The van der Waals surface area contributed by atoms with E-state index >= 15 is 0 Å². The topological polar surface area (TPSA) is 43.4 Å². The van der Waals surface area contributed by atoms with Gasteiger partial charge in [-0.05, 0) is 12.1 Å². The molecule has 0 radical (unpaired) electrons. The van der Waals surface area contributed by atoms with Crippen molar-refractivity contribution in [2.45, 2.75) is 0 Å². The van der Waals surface area contributed by atoms with Crippen molar-refractivity contribution >= 4 is 42.0 Å². The van der Waals surface area contributed by atoms with Gasteiger partial charge in [-0.2, -0.15) is 0 Å². The van der Waals surface area contributed by atoms with Crippen molar-refractivity contribution < 1.29 is 14.3 Å². The third-order valence-corrected chi connectivity index (χ3v) is 1.16. The Bertz CT molecular complexity index is 258. The molecular weight excluding hydrogens is 167 g/mol. The molecule has 1 aromatic carbocycles. The quantitative estimate of drug-likeness (QED) is 0.281. The van der Waals surface area contributed by atoms with Crippen molar-refractivity contribution in [1.82, 2.24) is 0 Å². The zero-order valence-electron chi connectivity index (χ0n) is 5.69. The van der Waals surface area contributed by atoms with E-state index in [1.54, 1.807) is 30.3 Å². The van der Waals surface area contributed by atoms with E-state index in [0.29, 0.717) is 5.56 Å². The van der Waals surface area contributed by atoms with Crippen LogP contribution in [0, 0.1) is 0 Å². The molecule has 0 aliphatic heterocycles. The molecule has 0 N–H and O–H groups in total. The van der Waals surface area contributed by atoms with Crippen LogP contribution < -0.4 is 0 Å². The average Bonchev–Trinajstić information content (AvgIpc) is 2.07. The van der Waals surface area contributed by atoms with Gasteiger partial charge >= 0.3 is 42.0 Å². The summed E-state index contributed by atoms with van der Waals surface area (Å²) in [6.45, 7) is 0.120. The van der Waals surface area contributed by atoms with E-state index in [-0.39, 0.29) is 36.0 Å². The number of carbonyl (C=O) groups excluding carboxylic acids is 2. The van der Waals surface area contributed by atoms with Crippen LogP contribution in [0.15, 0.2) is 30.3 Å². The molecule has 0 atom stereocenters. The molecule has 4 heteroatoms. The number of rotatable bonds is 2. The maximum absolute atomic E-state index is 10.8. The van der Waals surface area contributed by atoms with Gasteiger partial charge in [0.2, 0.25) is 0 Å². The van der Waals surface area contributed by atoms with Crippen molar-refractivity contribution in [1.29, 1.82) is 0 Å². The fourth-order valence-corrected chi connectivity index (χ4v) is 0.686. The number of esters is 1. The SMILES string of the molecule is O=COC(=O)c1ccccc1.[NaH]. The second-order valence-electron chi connectivity index (χ2n) is 1.87. The van der Waals surface area contributed by atoms with Crippen LogP contribution in [0.25, 0.3) is 0 Å². The van der Waals surface area contributed by atoms with Crippen LogP contribution in [0.5, 0.6) is 0 Å². The summed E-state index contributed by atoms with van der Waals surface area (Å²) in [5, 5.41) is 0. The Balaban J connectivity index is 0.00000121. The number of hydrogen-bond acceptors (Lipinski definition) is 3. The van der Waals surface area contributed by atoms with E-state index < -0.39 is 5.97 Å². The Kier molecular flexibility index (Phi) is 5.62. The van der Waals surface area contributed by atoms with E-state index in [1.165, 1.54) is 0 Å². The molecule has 0 bridgehead atoms. The van der Waals surface area contributed by atoms with Crippen LogP contribution in [0.4, 0.5) is 0 Å². The van der Waals surface area contributed by atoms with Crippen LogP contribution in [-0.4, -0.2) is 42.0 Å². The summed E-state index contributed by atoms with van der Waals surface area (Å²) in [5.74, 6) is -0.624. The Morgan fingerprint density at radius 1 is 1.25 bits per heavy atom. The molecule has 0 fully saturated rings.